The Bertz CT molecular complexity index is 937. The van der Waals surface area contributed by atoms with E-state index >= 15 is 0 Å². The Morgan fingerprint density at radius 1 is 1.13 bits per heavy atom. The third-order valence-corrected chi connectivity index (χ3v) is 6.90. The summed E-state index contributed by atoms with van der Waals surface area (Å²) in [5.74, 6) is 0.261. The standard InChI is InChI=1S/C24H30Cl2N4O/c1-16-5-7-19(15-23(16)28-17(2)20-8-6-18(25)14-21(20)26)29-10-12-30(13-11-29)24(31)22-4-3-9-27-22/h5-8,14-15,17,22,27-28H,3-4,9-13H2,1-2H3/t17?,22-/m1/s1. The number of halogens is 2. The van der Waals surface area contributed by atoms with Gasteiger partial charge in [-0.3, -0.25) is 4.79 Å². The molecule has 2 aliphatic rings. The van der Waals surface area contributed by atoms with E-state index in [2.05, 4.69) is 47.6 Å². The van der Waals surface area contributed by atoms with Crippen LogP contribution in [0, 0.1) is 6.92 Å². The first kappa shape index (κ1) is 22.3. The summed E-state index contributed by atoms with van der Waals surface area (Å²) in [6.07, 6.45) is 2.05. The summed E-state index contributed by atoms with van der Waals surface area (Å²) < 4.78 is 0. The number of rotatable bonds is 5. The molecule has 5 nitrogen and oxygen atoms in total. The van der Waals surface area contributed by atoms with Crippen molar-refractivity contribution in [2.45, 2.75) is 38.8 Å². The highest BCUT2D eigenvalue weighted by Gasteiger charge is 2.29. The van der Waals surface area contributed by atoms with Gasteiger partial charge in [0, 0.05) is 47.6 Å². The number of benzene rings is 2. The van der Waals surface area contributed by atoms with Gasteiger partial charge in [-0.2, -0.15) is 0 Å². The van der Waals surface area contributed by atoms with Gasteiger partial charge in [0.25, 0.3) is 0 Å². The minimum Gasteiger partial charge on any atom is -0.378 e. The Morgan fingerprint density at radius 3 is 2.58 bits per heavy atom. The molecular weight excluding hydrogens is 431 g/mol. The van der Waals surface area contributed by atoms with Crippen molar-refractivity contribution in [1.82, 2.24) is 10.2 Å². The molecule has 2 aromatic rings. The highest BCUT2D eigenvalue weighted by molar-refractivity contribution is 6.35. The van der Waals surface area contributed by atoms with Crippen LogP contribution in [0.15, 0.2) is 36.4 Å². The van der Waals surface area contributed by atoms with Crippen LogP contribution in [0.1, 0.15) is 36.9 Å². The van der Waals surface area contributed by atoms with Crippen LogP contribution in [0.2, 0.25) is 10.0 Å². The zero-order valence-corrected chi connectivity index (χ0v) is 19.6. The monoisotopic (exact) mass is 460 g/mol. The zero-order chi connectivity index (χ0) is 22.0. The highest BCUT2D eigenvalue weighted by atomic mass is 35.5. The van der Waals surface area contributed by atoms with E-state index in [0.29, 0.717) is 10.0 Å². The molecule has 0 saturated carbocycles. The quantitative estimate of drug-likeness (QED) is 0.667. The SMILES string of the molecule is Cc1ccc(N2CCN(C(=O)[C@H]3CCCN3)CC2)cc1NC(C)c1ccc(Cl)cc1Cl. The van der Waals surface area contributed by atoms with Crippen molar-refractivity contribution in [1.29, 1.82) is 0 Å². The minimum atomic E-state index is 0.0166. The van der Waals surface area contributed by atoms with Crippen molar-refractivity contribution in [3.8, 4) is 0 Å². The molecule has 2 aliphatic heterocycles. The molecule has 7 heteroatoms. The molecule has 2 fully saturated rings. The van der Waals surface area contributed by atoms with Crippen LogP contribution in [-0.2, 0) is 4.79 Å². The van der Waals surface area contributed by atoms with Crippen molar-refractivity contribution in [3.63, 3.8) is 0 Å². The summed E-state index contributed by atoms with van der Waals surface area (Å²) in [7, 11) is 0. The molecule has 31 heavy (non-hydrogen) atoms. The lowest BCUT2D eigenvalue weighted by Crippen LogP contribution is -2.53. The Morgan fingerprint density at radius 2 is 1.90 bits per heavy atom. The summed E-state index contributed by atoms with van der Waals surface area (Å²) in [5, 5.41) is 8.23. The van der Waals surface area contributed by atoms with Crippen molar-refractivity contribution in [2.24, 2.45) is 0 Å². The van der Waals surface area contributed by atoms with E-state index < -0.39 is 0 Å². The van der Waals surface area contributed by atoms with E-state index in [1.807, 2.05) is 17.0 Å². The van der Waals surface area contributed by atoms with Gasteiger partial charge in [-0.1, -0.05) is 35.3 Å². The van der Waals surface area contributed by atoms with Crippen LogP contribution in [0.5, 0.6) is 0 Å². The number of aryl methyl sites for hydroxylation is 1. The van der Waals surface area contributed by atoms with E-state index in [0.717, 1.165) is 56.8 Å². The second-order valence-electron chi connectivity index (χ2n) is 8.49. The van der Waals surface area contributed by atoms with E-state index in [1.54, 1.807) is 6.07 Å². The van der Waals surface area contributed by atoms with Crippen LogP contribution < -0.4 is 15.5 Å². The first-order valence-electron chi connectivity index (χ1n) is 11.0. The first-order valence-corrected chi connectivity index (χ1v) is 11.8. The molecular formula is C24H30Cl2N4O. The van der Waals surface area contributed by atoms with Crippen molar-refractivity contribution >= 4 is 40.5 Å². The van der Waals surface area contributed by atoms with Crippen LogP contribution in [0.3, 0.4) is 0 Å². The first-order chi connectivity index (χ1) is 14.9. The topological polar surface area (TPSA) is 47.6 Å². The normalized spacial score (nSPS) is 20.1. The van der Waals surface area contributed by atoms with Crippen LogP contribution in [0.4, 0.5) is 11.4 Å². The third-order valence-electron chi connectivity index (χ3n) is 6.34. The number of piperazine rings is 1. The van der Waals surface area contributed by atoms with Crippen LogP contribution in [-0.4, -0.2) is 49.6 Å². The predicted molar refractivity (Wildman–Crippen MR) is 129 cm³/mol. The molecule has 2 saturated heterocycles. The largest absolute Gasteiger partial charge is 0.378 e. The Labute approximate surface area is 194 Å². The molecule has 166 valence electrons. The van der Waals surface area contributed by atoms with Gasteiger partial charge in [0.1, 0.15) is 0 Å². The summed E-state index contributed by atoms with van der Waals surface area (Å²) >= 11 is 12.4. The van der Waals surface area contributed by atoms with Gasteiger partial charge in [-0.15, -0.1) is 0 Å². The fourth-order valence-corrected chi connectivity index (χ4v) is 5.00. The van der Waals surface area contributed by atoms with Gasteiger partial charge in [-0.25, -0.2) is 0 Å². The van der Waals surface area contributed by atoms with Gasteiger partial charge >= 0.3 is 0 Å². The minimum absolute atomic E-state index is 0.0166. The maximum Gasteiger partial charge on any atom is 0.239 e. The number of hydrogen-bond acceptors (Lipinski definition) is 4. The molecule has 0 aromatic heterocycles. The fraction of sp³-hybridized carbons (Fsp3) is 0.458. The number of anilines is 2. The molecule has 2 atom stereocenters. The Hall–Kier alpha value is -1.95. The molecule has 0 radical (unpaired) electrons. The van der Waals surface area contributed by atoms with E-state index in [9.17, 15) is 4.79 Å². The molecule has 2 N–H and O–H groups in total. The molecule has 0 aliphatic carbocycles. The Balaban J connectivity index is 1.41. The molecule has 1 unspecified atom stereocenters. The van der Waals surface area contributed by atoms with Crippen molar-refractivity contribution in [2.75, 3.05) is 42.9 Å². The van der Waals surface area contributed by atoms with Gasteiger partial charge in [0.2, 0.25) is 5.91 Å². The number of nitrogens with one attached hydrogen (secondary N) is 2. The second-order valence-corrected chi connectivity index (χ2v) is 9.34. The second kappa shape index (κ2) is 9.68. The fourth-order valence-electron chi connectivity index (χ4n) is 4.43. The number of carbonyl (C=O) groups is 1. The molecule has 0 spiro atoms. The van der Waals surface area contributed by atoms with E-state index in [4.69, 9.17) is 23.2 Å². The molecule has 2 aromatic carbocycles. The summed E-state index contributed by atoms with van der Waals surface area (Å²) in [5.41, 5.74) is 4.46. The lowest BCUT2D eigenvalue weighted by molar-refractivity contribution is -0.133. The number of nitrogens with zero attached hydrogens (tertiary/aromatic N) is 2. The third kappa shape index (κ3) is 5.11. The number of carbonyl (C=O) groups excluding carboxylic acids is 1. The molecule has 1 amide bonds. The van der Waals surface area contributed by atoms with Crippen molar-refractivity contribution < 1.29 is 4.79 Å². The lowest BCUT2D eigenvalue weighted by Gasteiger charge is -2.37. The molecule has 2 heterocycles. The molecule has 4 rings (SSSR count). The smallest absolute Gasteiger partial charge is 0.239 e. The summed E-state index contributed by atoms with van der Waals surface area (Å²) in [6, 6.07) is 12.2. The van der Waals surface area contributed by atoms with E-state index in [-0.39, 0.29) is 18.0 Å². The van der Waals surface area contributed by atoms with Gasteiger partial charge in [-0.05, 0) is 68.6 Å². The zero-order valence-electron chi connectivity index (χ0n) is 18.1. The molecule has 0 bridgehead atoms. The highest BCUT2D eigenvalue weighted by Crippen LogP contribution is 2.31. The summed E-state index contributed by atoms with van der Waals surface area (Å²) in [6.45, 7) is 8.39. The van der Waals surface area contributed by atoms with Crippen LogP contribution in [0.25, 0.3) is 0 Å². The number of hydrogen-bond donors (Lipinski definition) is 2. The van der Waals surface area contributed by atoms with E-state index in [1.165, 1.54) is 11.3 Å². The Kier molecular flexibility index (Phi) is 6.95. The van der Waals surface area contributed by atoms with Gasteiger partial charge in [0.15, 0.2) is 0 Å². The van der Waals surface area contributed by atoms with Gasteiger partial charge in [0.05, 0.1) is 12.1 Å². The van der Waals surface area contributed by atoms with Crippen LogP contribution >= 0.6 is 23.2 Å². The maximum absolute atomic E-state index is 12.7. The average Bonchev–Trinajstić information content (AvgIpc) is 3.30. The van der Waals surface area contributed by atoms with Crippen molar-refractivity contribution in [3.05, 3.63) is 57.6 Å². The average molecular weight is 461 g/mol. The predicted octanol–water partition coefficient (Wildman–Crippen LogP) is 4.88. The summed E-state index contributed by atoms with van der Waals surface area (Å²) in [4.78, 5) is 17.0. The maximum atomic E-state index is 12.7. The lowest BCUT2D eigenvalue weighted by atomic mass is 10.1. The number of amides is 1. The van der Waals surface area contributed by atoms with Gasteiger partial charge < -0.3 is 20.4 Å².